The van der Waals surface area contributed by atoms with Crippen molar-refractivity contribution in [1.82, 2.24) is 9.55 Å². The predicted molar refractivity (Wildman–Crippen MR) is 90.2 cm³/mol. The zero-order valence-corrected chi connectivity index (χ0v) is 14.4. The Kier molecular flexibility index (Phi) is 4.82. The summed E-state index contributed by atoms with van der Waals surface area (Å²) < 4.78 is 16.2. The maximum Gasteiger partial charge on any atom is 0.273 e. The summed E-state index contributed by atoms with van der Waals surface area (Å²) >= 11 is 4.33. The van der Waals surface area contributed by atoms with Crippen LogP contribution in [0.1, 0.15) is 18.9 Å². The van der Waals surface area contributed by atoms with E-state index in [4.69, 9.17) is 0 Å². The fourth-order valence-electron chi connectivity index (χ4n) is 2.04. The van der Waals surface area contributed by atoms with E-state index in [1.807, 2.05) is 4.57 Å². The van der Waals surface area contributed by atoms with Crippen LogP contribution in [0.4, 0.5) is 10.1 Å². The van der Waals surface area contributed by atoms with Gasteiger partial charge in [0.1, 0.15) is 5.82 Å². The second kappa shape index (κ2) is 6.84. The van der Waals surface area contributed by atoms with Gasteiger partial charge in [-0.3, -0.25) is 9.59 Å². The van der Waals surface area contributed by atoms with Crippen LogP contribution >= 0.6 is 27.7 Å². The molecule has 1 N–H and O–H groups in total. The Balaban J connectivity index is 1.65. The molecule has 0 atom stereocenters. The first-order valence-electron chi connectivity index (χ1n) is 7.00. The minimum absolute atomic E-state index is 0.0542. The highest BCUT2D eigenvalue weighted by atomic mass is 79.9. The topological polar surface area (TPSA) is 64.0 Å². The summed E-state index contributed by atoms with van der Waals surface area (Å²) in [6.07, 6.45) is 3.81. The molecule has 1 heterocycles. The summed E-state index contributed by atoms with van der Waals surface area (Å²) in [5, 5.41) is 3.04. The molecule has 1 aliphatic carbocycles. The third-order valence-electron chi connectivity index (χ3n) is 3.28. The van der Waals surface area contributed by atoms with Crippen LogP contribution in [-0.4, -0.2) is 21.2 Å². The molecule has 0 bridgehead atoms. The predicted octanol–water partition coefficient (Wildman–Crippen LogP) is 3.21. The first-order chi connectivity index (χ1) is 11.0. The average Bonchev–Trinajstić information content (AvgIpc) is 3.33. The molecule has 0 radical (unpaired) electrons. The van der Waals surface area contributed by atoms with E-state index in [0.29, 0.717) is 15.7 Å². The van der Waals surface area contributed by atoms with E-state index in [1.165, 1.54) is 30.0 Å². The summed E-state index contributed by atoms with van der Waals surface area (Å²) in [4.78, 5) is 27.3. The molecule has 1 fully saturated rings. The number of benzene rings is 1. The Morgan fingerprint density at radius 1 is 1.43 bits per heavy atom. The van der Waals surface area contributed by atoms with Gasteiger partial charge >= 0.3 is 0 Å². The molecule has 0 aliphatic heterocycles. The number of hydrogen-bond acceptors (Lipinski definition) is 4. The number of anilines is 1. The first-order valence-corrected chi connectivity index (χ1v) is 8.77. The highest BCUT2D eigenvalue weighted by molar-refractivity contribution is 9.10. The molecule has 23 heavy (non-hydrogen) atoms. The van der Waals surface area contributed by atoms with Crippen molar-refractivity contribution in [1.29, 1.82) is 0 Å². The fourth-order valence-corrected chi connectivity index (χ4v) is 3.22. The van der Waals surface area contributed by atoms with Crippen molar-refractivity contribution in [2.24, 2.45) is 0 Å². The molecule has 1 saturated carbocycles. The lowest BCUT2D eigenvalue weighted by Crippen LogP contribution is -2.17. The summed E-state index contributed by atoms with van der Waals surface area (Å²) in [6, 6.07) is 6.20. The Bertz CT molecular complexity index is 808. The van der Waals surface area contributed by atoms with Crippen LogP contribution in [0, 0.1) is 5.82 Å². The Labute approximate surface area is 144 Å². The molecule has 0 unspecified atom stereocenters. The number of carbonyl (C=O) groups excluding carboxylic acids is 1. The molecule has 3 rings (SSSR count). The highest BCUT2D eigenvalue weighted by Crippen LogP contribution is 2.37. The lowest BCUT2D eigenvalue weighted by atomic mass is 10.3. The van der Waals surface area contributed by atoms with Gasteiger partial charge in [-0.15, -0.1) is 0 Å². The number of hydrogen-bond donors (Lipinski definition) is 1. The average molecular weight is 398 g/mol. The van der Waals surface area contributed by atoms with E-state index in [9.17, 15) is 14.0 Å². The summed E-state index contributed by atoms with van der Waals surface area (Å²) in [5.41, 5.74) is -0.205. The number of halogens is 2. The van der Waals surface area contributed by atoms with E-state index >= 15 is 0 Å². The van der Waals surface area contributed by atoms with E-state index in [0.717, 1.165) is 12.8 Å². The molecule has 1 amide bonds. The molecule has 1 aromatic carbocycles. The summed E-state index contributed by atoms with van der Waals surface area (Å²) in [6.45, 7) is 0. The first kappa shape index (κ1) is 16.2. The maximum absolute atomic E-state index is 13.7. The molecule has 0 saturated heterocycles. The molecule has 5 nitrogen and oxygen atoms in total. The molecule has 1 aromatic heterocycles. The van der Waals surface area contributed by atoms with Gasteiger partial charge in [0.25, 0.3) is 5.56 Å². The number of nitrogens with zero attached hydrogens (tertiary/aromatic N) is 2. The normalized spacial score (nSPS) is 13.8. The van der Waals surface area contributed by atoms with Crippen molar-refractivity contribution in [2.75, 3.05) is 11.1 Å². The van der Waals surface area contributed by atoms with Gasteiger partial charge in [0, 0.05) is 22.8 Å². The van der Waals surface area contributed by atoms with E-state index in [1.54, 1.807) is 12.3 Å². The van der Waals surface area contributed by atoms with Gasteiger partial charge < -0.3 is 9.88 Å². The van der Waals surface area contributed by atoms with Gasteiger partial charge in [0.2, 0.25) is 5.91 Å². The van der Waals surface area contributed by atoms with E-state index in [-0.39, 0.29) is 22.9 Å². The molecular formula is C15H13BrFN3O2S. The number of rotatable bonds is 5. The van der Waals surface area contributed by atoms with Crippen molar-refractivity contribution in [2.45, 2.75) is 24.0 Å². The standard InChI is InChI=1S/C15H13BrFN3O2S/c16-9-1-4-12(11(17)7-9)18-14(22)8-23-15-19-13(21)5-6-20(15)10-2-3-10/h1,4-7,10H,2-3,8H2,(H,18,22). The Hall–Kier alpha value is -1.67. The van der Waals surface area contributed by atoms with Crippen molar-refractivity contribution in [3.05, 3.63) is 51.1 Å². The van der Waals surface area contributed by atoms with Crippen molar-refractivity contribution in [3.8, 4) is 0 Å². The van der Waals surface area contributed by atoms with Crippen LogP contribution < -0.4 is 10.9 Å². The van der Waals surface area contributed by atoms with Gasteiger partial charge in [-0.25, -0.2) is 4.39 Å². The van der Waals surface area contributed by atoms with Crippen LogP contribution in [0.2, 0.25) is 0 Å². The van der Waals surface area contributed by atoms with Crippen LogP contribution in [0.25, 0.3) is 0 Å². The Morgan fingerprint density at radius 3 is 2.91 bits per heavy atom. The second-order valence-electron chi connectivity index (χ2n) is 5.15. The highest BCUT2D eigenvalue weighted by Gasteiger charge is 2.25. The lowest BCUT2D eigenvalue weighted by molar-refractivity contribution is -0.113. The molecule has 120 valence electrons. The zero-order chi connectivity index (χ0) is 16.4. The van der Waals surface area contributed by atoms with Crippen LogP contribution in [0.15, 0.2) is 44.9 Å². The smallest absolute Gasteiger partial charge is 0.273 e. The van der Waals surface area contributed by atoms with Crippen molar-refractivity contribution in [3.63, 3.8) is 0 Å². The van der Waals surface area contributed by atoms with Gasteiger partial charge in [0.05, 0.1) is 11.4 Å². The summed E-state index contributed by atoms with van der Waals surface area (Å²) in [5.74, 6) is -0.805. The minimum atomic E-state index is -0.509. The molecule has 0 spiro atoms. The van der Waals surface area contributed by atoms with Crippen LogP contribution in [-0.2, 0) is 4.79 Å². The van der Waals surface area contributed by atoms with Gasteiger partial charge in [-0.1, -0.05) is 27.7 Å². The van der Waals surface area contributed by atoms with Gasteiger partial charge in [0.15, 0.2) is 5.16 Å². The van der Waals surface area contributed by atoms with E-state index < -0.39 is 5.82 Å². The van der Waals surface area contributed by atoms with Crippen molar-refractivity contribution < 1.29 is 9.18 Å². The largest absolute Gasteiger partial charge is 0.324 e. The number of aromatic nitrogens is 2. The van der Waals surface area contributed by atoms with Gasteiger partial charge in [-0.2, -0.15) is 4.98 Å². The quantitative estimate of drug-likeness (QED) is 0.621. The monoisotopic (exact) mass is 397 g/mol. The third kappa shape index (κ3) is 4.20. The molecule has 1 aliphatic rings. The third-order valence-corrected chi connectivity index (χ3v) is 4.74. The lowest BCUT2D eigenvalue weighted by Gasteiger charge is -2.10. The number of amides is 1. The number of nitrogens with one attached hydrogen (secondary N) is 1. The molecule has 2 aromatic rings. The maximum atomic E-state index is 13.7. The van der Waals surface area contributed by atoms with Crippen LogP contribution in [0.5, 0.6) is 0 Å². The van der Waals surface area contributed by atoms with Crippen molar-refractivity contribution >= 4 is 39.3 Å². The van der Waals surface area contributed by atoms with Gasteiger partial charge in [-0.05, 0) is 31.0 Å². The summed E-state index contributed by atoms with van der Waals surface area (Å²) in [7, 11) is 0. The number of carbonyl (C=O) groups is 1. The second-order valence-corrected chi connectivity index (χ2v) is 7.01. The van der Waals surface area contributed by atoms with Crippen LogP contribution in [0.3, 0.4) is 0 Å². The Morgan fingerprint density at radius 2 is 2.22 bits per heavy atom. The molecule has 8 heteroatoms. The zero-order valence-electron chi connectivity index (χ0n) is 12.0. The minimum Gasteiger partial charge on any atom is -0.324 e. The SMILES string of the molecule is O=C(CSc1nc(=O)ccn1C1CC1)Nc1ccc(Br)cc1F. The molecular weight excluding hydrogens is 385 g/mol. The number of thioether (sulfide) groups is 1. The van der Waals surface area contributed by atoms with E-state index in [2.05, 4.69) is 26.2 Å². The fraction of sp³-hybridized carbons (Fsp3) is 0.267.